The van der Waals surface area contributed by atoms with E-state index < -0.39 is 5.82 Å². The van der Waals surface area contributed by atoms with Crippen LogP contribution >= 0.6 is 15.9 Å². The molecule has 1 aromatic rings. The van der Waals surface area contributed by atoms with Crippen molar-refractivity contribution in [3.63, 3.8) is 0 Å². The fourth-order valence-corrected chi connectivity index (χ4v) is 2.16. The summed E-state index contributed by atoms with van der Waals surface area (Å²) in [5.41, 5.74) is 0.822. The number of rotatable bonds is 1. The maximum atomic E-state index is 13.0. The van der Waals surface area contributed by atoms with Crippen LogP contribution in [0.25, 0.3) is 0 Å². The van der Waals surface area contributed by atoms with Gasteiger partial charge in [-0.15, -0.1) is 0 Å². The van der Waals surface area contributed by atoms with Crippen molar-refractivity contribution >= 4 is 15.9 Å². The lowest BCUT2D eigenvalue weighted by molar-refractivity contribution is 0.456. The molecule has 2 rings (SSSR count). The Morgan fingerprint density at radius 1 is 1.50 bits per heavy atom. The molecule has 4 heteroatoms. The van der Waals surface area contributed by atoms with Crippen LogP contribution in [0.4, 0.5) is 4.39 Å². The summed E-state index contributed by atoms with van der Waals surface area (Å²) in [6, 6.07) is 2.83. The van der Waals surface area contributed by atoms with Gasteiger partial charge in [0, 0.05) is 18.5 Å². The lowest BCUT2D eigenvalue weighted by atomic mass is 9.97. The van der Waals surface area contributed by atoms with Crippen LogP contribution in [-0.2, 0) is 0 Å². The second-order valence-electron chi connectivity index (χ2n) is 3.51. The van der Waals surface area contributed by atoms with Crippen LogP contribution in [0.15, 0.2) is 16.6 Å². The number of hydrogen-bond donors (Lipinski definition) is 2. The molecule has 0 amide bonds. The third-order valence-electron chi connectivity index (χ3n) is 2.57. The topological polar surface area (TPSA) is 32.3 Å². The Morgan fingerprint density at radius 3 is 2.93 bits per heavy atom. The zero-order chi connectivity index (χ0) is 10.1. The van der Waals surface area contributed by atoms with Crippen LogP contribution in [0.5, 0.6) is 5.75 Å². The lowest BCUT2D eigenvalue weighted by Gasteiger charge is -2.11. The number of nitrogens with one attached hydrogen (secondary N) is 1. The Balaban J connectivity index is 2.37. The maximum absolute atomic E-state index is 13.0. The van der Waals surface area contributed by atoms with Crippen LogP contribution in [0, 0.1) is 5.82 Å². The Bertz CT molecular complexity index is 350. The molecular formula is C10H11BrFNO. The summed E-state index contributed by atoms with van der Waals surface area (Å²) < 4.78 is 13.4. The molecule has 0 aliphatic carbocycles. The van der Waals surface area contributed by atoms with E-state index >= 15 is 0 Å². The van der Waals surface area contributed by atoms with E-state index in [2.05, 4.69) is 21.2 Å². The molecule has 1 fully saturated rings. The summed E-state index contributed by atoms with van der Waals surface area (Å²) in [7, 11) is 0. The molecule has 1 unspecified atom stereocenters. The van der Waals surface area contributed by atoms with Gasteiger partial charge < -0.3 is 10.4 Å². The van der Waals surface area contributed by atoms with Gasteiger partial charge in [0.15, 0.2) is 0 Å². The molecule has 2 nitrogen and oxygen atoms in total. The molecule has 0 bridgehead atoms. The zero-order valence-electron chi connectivity index (χ0n) is 7.56. The highest BCUT2D eigenvalue weighted by atomic mass is 79.9. The number of hydrogen-bond acceptors (Lipinski definition) is 2. The van der Waals surface area contributed by atoms with E-state index in [0.717, 1.165) is 31.1 Å². The minimum atomic E-state index is -0.419. The normalized spacial score (nSPS) is 21.4. The maximum Gasteiger partial charge on any atom is 0.141 e. The van der Waals surface area contributed by atoms with Crippen molar-refractivity contribution in [2.45, 2.75) is 12.3 Å². The van der Waals surface area contributed by atoms with Crippen LogP contribution in [-0.4, -0.2) is 18.2 Å². The summed E-state index contributed by atoms with van der Waals surface area (Å²) in [5, 5.41) is 12.8. The molecule has 1 aromatic carbocycles. The molecule has 0 saturated carbocycles. The smallest absolute Gasteiger partial charge is 0.141 e. The Kier molecular flexibility index (Phi) is 2.74. The van der Waals surface area contributed by atoms with Gasteiger partial charge in [0.1, 0.15) is 11.6 Å². The summed E-state index contributed by atoms with van der Waals surface area (Å²) >= 11 is 3.12. The van der Waals surface area contributed by atoms with Gasteiger partial charge in [0.05, 0.1) is 4.47 Å². The first kappa shape index (κ1) is 9.93. The summed E-state index contributed by atoms with van der Waals surface area (Å²) in [6.45, 7) is 1.81. The van der Waals surface area contributed by atoms with Crippen molar-refractivity contribution in [3.8, 4) is 5.75 Å². The fourth-order valence-electron chi connectivity index (χ4n) is 1.80. The molecule has 1 saturated heterocycles. The average molecular weight is 260 g/mol. The van der Waals surface area contributed by atoms with Crippen molar-refractivity contribution in [1.82, 2.24) is 5.32 Å². The molecule has 0 radical (unpaired) electrons. The van der Waals surface area contributed by atoms with Crippen molar-refractivity contribution in [3.05, 3.63) is 28.0 Å². The monoisotopic (exact) mass is 259 g/mol. The SMILES string of the molecule is Oc1cc(F)c(Br)cc1C1CCNC1. The summed E-state index contributed by atoms with van der Waals surface area (Å²) in [6.07, 6.45) is 0.992. The number of phenols is 1. The van der Waals surface area contributed by atoms with Gasteiger partial charge in [0.25, 0.3) is 0 Å². The van der Waals surface area contributed by atoms with E-state index in [1.165, 1.54) is 0 Å². The van der Waals surface area contributed by atoms with Gasteiger partial charge in [-0.2, -0.15) is 0 Å². The molecule has 2 N–H and O–H groups in total. The van der Waals surface area contributed by atoms with Crippen LogP contribution < -0.4 is 5.32 Å². The van der Waals surface area contributed by atoms with E-state index in [-0.39, 0.29) is 5.75 Å². The van der Waals surface area contributed by atoms with Gasteiger partial charge in [-0.25, -0.2) is 4.39 Å². The highest BCUT2D eigenvalue weighted by molar-refractivity contribution is 9.10. The van der Waals surface area contributed by atoms with Crippen LogP contribution in [0.2, 0.25) is 0 Å². The summed E-state index contributed by atoms with van der Waals surface area (Å²) in [5.74, 6) is -0.0662. The molecule has 0 spiro atoms. The predicted octanol–water partition coefficient (Wildman–Crippen LogP) is 2.37. The van der Waals surface area contributed by atoms with Gasteiger partial charge in [-0.1, -0.05) is 0 Å². The molecule has 1 atom stereocenters. The first-order valence-corrected chi connectivity index (χ1v) is 5.36. The minimum absolute atomic E-state index is 0.0550. The number of benzene rings is 1. The third-order valence-corrected chi connectivity index (χ3v) is 3.18. The molecule has 1 aliphatic rings. The van der Waals surface area contributed by atoms with Crippen molar-refractivity contribution in [2.24, 2.45) is 0 Å². The molecule has 76 valence electrons. The highest BCUT2D eigenvalue weighted by Gasteiger charge is 2.20. The first-order valence-electron chi connectivity index (χ1n) is 4.57. The average Bonchev–Trinajstić information content (AvgIpc) is 2.64. The fraction of sp³-hybridized carbons (Fsp3) is 0.400. The van der Waals surface area contributed by atoms with E-state index in [1.807, 2.05) is 0 Å². The van der Waals surface area contributed by atoms with Gasteiger partial charge in [-0.05, 0) is 40.5 Å². The van der Waals surface area contributed by atoms with Crippen molar-refractivity contribution in [2.75, 3.05) is 13.1 Å². The lowest BCUT2D eigenvalue weighted by Crippen LogP contribution is -2.08. The molecule has 14 heavy (non-hydrogen) atoms. The van der Waals surface area contributed by atoms with Gasteiger partial charge in [-0.3, -0.25) is 0 Å². The number of aromatic hydroxyl groups is 1. The van der Waals surface area contributed by atoms with E-state index in [9.17, 15) is 9.50 Å². The number of halogens is 2. The Morgan fingerprint density at radius 2 is 2.29 bits per heavy atom. The van der Waals surface area contributed by atoms with Crippen molar-refractivity contribution < 1.29 is 9.50 Å². The molecule has 1 heterocycles. The Labute approximate surface area is 90.3 Å². The second kappa shape index (κ2) is 3.87. The van der Waals surface area contributed by atoms with Gasteiger partial charge in [0.2, 0.25) is 0 Å². The quantitative estimate of drug-likeness (QED) is 0.812. The first-order chi connectivity index (χ1) is 6.68. The second-order valence-corrected chi connectivity index (χ2v) is 4.37. The molecule has 0 aromatic heterocycles. The standard InChI is InChI=1S/C10H11BrFNO/c11-8-3-7(6-1-2-13-5-6)10(14)4-9(8)12/h3-4,6,13-14H,1-2,5H2. The third kappa shape index (κ3) is 1.77. The van der Waals surface area contributed by atoms with Crippen LogP contribution in [0.1, 0.15) is 17.9 Å². The van der Waals surface area contributed by atoms with E-state index in [1.54, 1.807) is 6.07 Å². The predicted molar refractivity (Wildman–Crippen MR) is 56.0 cm³/mol. The zero-order valence-corrected chi connectivity index (χ0v) is 9.14. The minimum Gasteiger partial charge on any atom is -0.508 e. The molecular weight excluding hydrogens is 249 g/mol. The summed E-state index contributed by atoms with van der Waals surface area (Å²) in [4.78, 5) is 0. The highest BCUT2D eigenvalue weighted by Crippen LogP contribution is 2.33. The van der Waals surface area contributed by atoms with E-state index in [4.69, 9.17) is 0 Å². The largest absolute Gasteiger partial charge is 0.508 e. The number of phenolic OH excluding ortho intramolecular Hbond substituents is 1. The van der Waals surface area contributed by atoms with Crippen LogP contribution in [0.3, 0.4) is 0 Å². The Hall–Kier alpha value is -0.610. The van der Waals surface area contributed by atoms with Crippen molar-refractivity contribution in [1.29, 1.82) is 0 Å². The molecule has 1 aliphatic heterocycles. The van der Waals surface area contributed by atoms with Gasteiger partial charge >= 0.3 is 0 Å². The van der Waals surface area contributed by atoms with E-state index in [0.29, 0.717) is 10.4 Å².